The van der Waals surface area contributed by atoms with Gasteiger partial charge in [0.05, 0.1) is 18.3 Å². The van der Waals surface area contributed by atoms with E-state index in [4.69, 9.17) is 5.11 Å². The monoisotopic (exact) mass is 279 g/mol. The summed E-state index contributed by atoms with van der Waals surface area (Å²) in [6, 6.07) is 0. The van der Waals surface area contributed by atoms with Gasteiger partial charge in [-0.05, 0) is 12.8 Å². The van der Waals surface area contributed by atoms with Crippen molar-refractivity contribution in [2.24, 2.45) is 11.8 Å². The molecule has 0 aromatic heterocycles. The number of rotatable bonds is 4. The fourth-order valence-electron chi connectivity index (χ4n) is 2.05. The molecule has 0 spiro atoms. The van der Waals surface area contributed by atoms with Gasteiger partial charge in [0.15, 0.2) is 0 Å². The Bertz CT molecular complexity index is 379. The molecule has 108 valence electrons. The number of allylic oxidation sites excluding steroid dienone is 2. The van der Waals surface area contributed by atoms with E-state index in [0.29, 0.717) is 0 Å². The minimum absolute atomic E-state index is 0.235. The quantitative estimate of drug-likeness (QED) is 0.801. The molecule has 0 saturated carbocycles. The van der Waals surface area contributed by atoms with E-state index in [2.05, 4.69) is 0 Å². The van der Waals surface area contributed by atoms with Gasteiger partial charge >= 0.3 is 12.1 Å². The number of halogens is 3. The summed E-state index contributed by atoms with van der Waals surface area (Å²) < 4.78 is 36.2. The number of carbonyl (C=O) groups is 2. The molecule has 1 amide bonds. The third kappa shape index (κ3) is 4.57. The first-order valence-corrected chi connectivity index (χ1v) is 5.92. The second kappa shape index (κ2) is 6.08. The number of aliphatic carboxylic acids is 1. The van der Waals surface area contributed by atoms with E-state index in [9.17, 15) is 22.8 Å². The summed E-state index contributed by atoms with van der Waals surface area (Å²) in [6.45, 7) is -0.450. The Hall–Kier alpha value is -1.53. The van der Waals surface area contributed by atoms with Gasteiger partial charge in [-0.1, -0.05) is 12.2 Å². The van der Waals surface area contributed by atoms with Gasteiger partial charge in [-0.2, -0.15) is 13.2 Å². The molecule has 4 nitrogen and oxygen atoms in total. The van der Waals surface area contributed by atoms with Crippen LogP contribution < -0.4 is 0 Å². The Morgan fingerprint density at radius 3 is 2.26 bits per heavy atom. The van der Waals surface area contributed by atoms with E-state index < -0.39 is 42.9 Å². The van der Waals surface area contributed by atoms with E-state index in [1.54, 1.807) is 12.2 Å². The predicted molar refractivity (Wildman–Crippen MR) is 61.3 cm³/mol. The van der Waals surface area contributed by atoms with Crippen molar-refractivity contribution in [1.82, 2.24) is 4.90 Å². The van der Waals surface area contributed by atoms with E-state index in [1.165, 1.54) is 7.05 Å². The highest BCUT2D eigenvalue weighted by Crippen LogP contribution is 2.28. The summed E-state index contributed by atoms with van der Waals surface area (Å²) in [4.78, 5) is 24.0. The first-order valence-electron chi connectivity index (χ1n) is 5.92. The highest BCUT2D eigenvalue weighted by Gasteiger charge is 2.36. The molecule has 0 aromatic carbocycles. The van der Waals surface area contributed by atoms with Gasteiger partial charge in [-0.25, -0.2) is 0 Å². The molecule has 0 radical (unpaired) electrons. The lowest BCUT2D eigenvalue weighted by molar-refractivity contribution is -0.153. The van der Waals surface area contributed by atoms with Gasteiger partial charge in [0.2, 0.25) is 5.91 Å². The molecule has 0 fully saturated rings. The predicted octanol–water partition coefficient (Wildman–Crippen LogP) is 2.06. The fourth-order valence-corrected chi connectivity index (χ4v) is 2.05. The Morgan fingerprint density at radius 2 is 1.79 bits per heavy atom. The summed E-state index contributed by atoms with van der Waals surface area (Å²) in [5.41, 5.74) is 0. The van der Waals surface area contributed by atoms with Crippen molar-refractivity contribution in [3.63, 3.8) is 0 Å². The molecule has 0 bridgehead atoms. The summed E-state index contributed by atoms with van der Waals surface area (Å²) in [6.07, 6.45) is -1.55. The van der Waals surface area contributed by atoms with Gasteiger partial charge in [0.1, 0.15) is 0 Å². The van der Waals surface area contributed by atoms with Crippen molar-refractivity contribution in [2.45, 2.75) is 25.4 Å². The molecule has 0 aromatic rings. The maximum atomic E-state index is 12.1. The standard InChI is InChI=1S/C12H16F3NO3/c1-16(7-6-12(13,14)15)10(17)8-4-2-3-5-9(8)11(18)19/h2-3,8-9H,4-7H2,1H3,(H,18,19). The number of carboxylic acids is 1. The number of hydrogen-bond acceptors (Lipinski definition) is 2. The average Bonchev–Trinajstić information content (AvgIpc) is 2.34. The lowest BCUT2D eigenvalue weighted by atomic mass is 9.82. The maximum Gasteiger partial charge on any atom is 0.390 e. The van der Waals surface area contributed by atoms with Crippen LogP contribution in [0.2, 0.25) is 0 Å². The van der Waals surface area contributed by atoms with E-state index in [1.807, 2.05) is 0 Å². The van der Waals surface area contributed by atoms with Crippen LogP contribution in [0.3, 0.4) is 0 Å². The van der Waals surface area contributed by atoms with Crippen LogP contribution in [-0.2, 0) is 9.59 Å². The minimum atomic E-state index is -4.33. The maximum absolute atomic E-state index is 12.1. The number of carboxylic acid groups (broad SMARTS) is 1. The molecule has 1 N–H and O–H groups in total. The molecule has 19 heavy (non-hydrogen) atoms. The van der Waals surface area contributed by atoms with Crippen LogP contribution >= 0.6 is 0 Å². The van der Waals surface area contributed by atoms with Crippen molar-refractivity contribution in [3.8, 4) is 0 Å². The second-order valence-corrected chi connectivity index (χ2v) is 4.62. The summed E-state index contributed by atoms with van der Waals surface area (Å²) in [5.74, 6) is -3.26. The number of hydrogen-bond donors (Lipinski definition) is 1. The van der Waals surface area contributed by atoms with Crippen LogP contribution in [0.25, 0.3) is 0 Å². The third-order valence-corrected chi connectivity index (χ3v) is 3.17. The molecular formula is C12H16F3NO3. The van der Waals surface area contributed by atoms with Crippen LogP contribution in [0.4, 0.5) is 13.2 Å². The van der Waals surface area contributed by atoms with Gasteiger partial charge < -0.3 is 10.0 Å². The third-order valence-electron chi connectivity index (χ3n) is 3.17. The molecule has 1 aliphatic carbocycles. The molecule has 7 heteroatoms. The summed E-state index contributed by atoms with van der Waals surface area (Å²) >= 11 is 0. The van der Waals surface area contributed by atoms with E-state index >= 15 is 0 Å². The van der Waals surface area contributed by atoms with Crippen LogP contribution in [0.15, 0.2) is 12.2 Å². The van der Waals surface area contributed by atoms with Crippen molar-refractivity contribution < 1.29 is 27.9 Å². The molecular weight excluding hydrogens is 263 g/mol. The zero-order valence-electron chi connectivity index (χ0n) is 10.5. The van der Waals surface area contributed by atoms with Crippen LogP contribution in [-0.4, -0.2) is 41.7 Å². The van der Waals surface area contributed by atoms with Crippen molar-refractivity contribution in [3.05, 3.63) is 12.2 Å². The number of amides is 1. The number of carbonyl (C=O) groups excluding carboxylic acids is 1. The molecule has 2 atom stereocenters. The lowest BCUT2D eigenvalue weighted by Crippen LogP contribution is -2.41. The number of nitrogens with zero attached hydrogens (tertiary/aromatic N) is 1. The zero-order valence-corrected chi connectivity index (χ0v) is 10.5. The van der Waals surface area contributed by atoms with Crippen LogP contribution in [0.1, 0.15) is 19.3 Å². The fraction of sp³-hybridized carbons (Fsp3) is 0.667. The van der Waals surface area contributed by atoms with Gasteiger partial charge in [0, 0.05) is 13.6 Å². The molecule has 1 rings (SSSR count). The van der Waals surface area contributed by atoms with Gasteiger partial charge in [-0.3, -0.25) is 9.59 Å². The smallest absolute Gasteiger partial charge is 0.390 e. The Labute approximate surface area is 108 Å². The lowest BCUT2D eigenvalue weighted by Gasteiger charge is -2.28. The molecule has 1 aliphatic rings. The second-order valence-electron chi connectivity index (χ2n) is 4.62. The van der Waals surface area contributed by atoms with Crippen LogP contribution in [0, 0.1) is 11.8 Å². The first-order chi connectivity index (χ1) is 8.72. The zero-order chi connectivity index (χ0) is 14.6. The molecule has 0 heterocycles. The largest absolute Gasteiger partial charge is 0.481 e. The highest BCUT2D eigenvalue weighted by molar-refractivity contribution is 5.85. The first kappa shape index (κ1) is 15.5. The summed E-state index contributed by atoms with van der Waals surface area (Å²) in [5, 5.41) is 9.01. The van der Waals surface area contributed by atoms with Crippen molar-refractivity contribution in [2.75, 3.05) is 13.6 Å². The SMILES string of the molecule is CN(CCC(F)(F)F)C(=O)C1CC=CCC1C(=O)O. The topological polar surface area (TPSA) is 57.6 Å². The van der Waals surface area contributed by atoms with Crippen molar-refractivity contribution in [1.29, 1.82) is 0 Å². The minimum Gasteiger partial charge on any atom is -0.481 e. The Kier molecular flexibility index (Phi) is 4.97. The number of alkyl halides is 3. The normalized spacial score (nSPS) is 23.2. The highest BCUT2D eigenvalue weighted by atomic mass is 19.4. The molecule has 0 aliphatic heterocycles. The van der Waals surface area contributed by atoms with Gasteiger partial charge in [-0.15, -0.1) is 0 Å². The van der Waals surface area contributed by atoms with E-state index in [0.717, 1.165) is 4.90 Å². The summed E-state index contributed by atoms with van der Waals surface area (Å²) in [7, 11) is 1.27. The average molecular weight is 279 g/mol. The molecule has 2 unspecified atom stereocenters. The Balaban J connectivity index is 2.64. The van der Waals surface area contributed by atoms with Crippen molar-refractivity contribution >= 4 is 11.9 Å². The van der Waals surface area contributed by atoms with Gasteiger partial charge in [0.25, 0.3) is 0 Å². The van der Waals surface area contributed by atoms with Crippen LogP contribution in [0.5, 0.6) is 0 Å². The van der Waals surface area contributed by atoms with E-state index in [-0.39, 0.29) is 12.8 Å². The Morgan fingerprint density at radius 1 is 1.26 bits per heavy atom. The molecule has 0 saturated heterocycles.